The highest BCUT2D eigenvalue weighted by Crippen LogP contribution is 2.28. The average molecular weight is 213 g/mol. The quantitative estimate of drug-likeness (QED) is 0.626. The molecule has 1 aliphatic carbocycles. The highest BCUT2D eigenvalue weighted by atomic mass is 16.5. The first-order valence-electron chi connectivity index (χ1n) is 6.69. The molecular formula is C13H27NO. The van der Waals surface area contributed by atoms with Crippen molar-refractivity contribution in [2.24, 2.45) is 5.92 Å². The Morgan fingerprint density at radius 3 is 2.80 bits per heavy atom. The van der Waals surface area contributed by atoms with E-state index in [1.807, 2.05) is 0 Å². The molecule has 2 heteroatoms. The molecule has 0 bridgehead atoms. The van der Waals surface area contributed by atoms with Crippen molar-refractivity contribution in [3.05, 3.63) is 0 Å². The number of unbranched alkanes of at least 4 members (excludes halogenated alkanes) is 1. The molecule has 2 atom stereocenters. The van der Waals surface area contributed by atoms with Crippen LogP contribution in [0.4, 0.5) is 0 Å². The molecule has 1 aliphatic rings. The summed E-state index contributed by atoms with van der Waals surface area (Å²) in [6.45, 7) is 7.44. The summed E-state index contributed by atoms with van der Waals surface area (Å²) in [5, 5.41) is 3.59. The van der Waals surface area contributed by atoms with Crippen molar-refractivity contribution in [3.8, 4) is 0 Å². The molecule has 0 spiro atoms. The van der Waals surface area contributed by atoms with Gasteiger partial charge >= 0.3 is 0 Å². The fourth-order valence-corrected chi connectivity index (χ4v) is 2.50. The van der Waals surface area contributed by atoms with Crippen LogP contribution in [0.3, 0.4) is 0 Å². The summed E-state index contributed by atoms with van der Waals surface area (Å²) >= 11 is 0. The summed E-state index contributed by atoms with van der Waals surface area (Å²) in [5.41, 5.74) is 0. The minimum atomic E-state index is 0.768. The summed E-state index contributed by atoms with van der Waals surface area (Å²) in [7, 11) is 0. The van der Waals surface area contributed by atoms with Crippen molar-refractivity contribution in [3.63, 3.8) is 0 Å². The Balaban J connectivity index is 2.03. The second-order valence-corrected chi connectivity index (χ2v) is 4.61. The zero-order chi connectivity index (χ0) is 10.9. The van der Waals surface area contributed by atoms with Gasteiger partial charge in [0.2, 0.25) is 0 Å². The van der Waals surface area contributed by atoms with Gasteiger partial charge in [0.1, 0.15) is 0 Å². The Morgan fingerprint density at radius 2 is 2.07 bits per heavy atom. The minimum Gasteiger partial charge on any atom is -0.381 e. The maximum Gasteiger partial charge on any atom is 0.0469 e. The molecule has 0 aromatic rings. The van der Waals surface area contributed by atoms with Crippen LogP contribution in [-0.4, -0.2) is 25.8 Å². The lowest BCUT2D eigenvalue weighted by Crippen LogP contribution is -2.32. The highest BCUT2D eigenvalue weighted by Gasteiger charge is 2.25. The summed E-state index contributed by atoms with van der Waals surface area (Å²) in [6.07, 6.45) is 7.87. The normalized spacial score (nSPS) is 26.0. The molecule has 0 radical (unpaired) electrons. The molecule has 0 aromatic heterocycles. The molecule has 1 rings (SSSR count). The van der Waals surface area contributed by atoms with E-state index in [0.29, 0.717) is 0 Å². The second-order valence-electron chi connectivity index (χ2n) is 4.61. The van der Waals surface area contributed by atoms with E-state index in [4.69, 9.17) is 4.74 Å². The largest absolute Gasteiger partial charge is 0.381 e. The van der Waals surface area contributed by atoms with Crippen LogP contribution in [0, 0.1) is 5.92 Å². The van der Waals surface area contributed by atoms with Crippen LogP contribution >= 0.6 is 0 Å². The third kappa shape index (κ3) is 4.98. The van der Waals surface area contributed by atoms with Crippen molar-refractivity contribution >= 4 is 0 Å². The van der Waals surface area contributed by atoms with E-state index < -0.39 is 0 Å². The van der Waals surface area contributed by atoms with Gasteiger partial charge in [-0.1, -0.05) is 26.7 Å². The van der Waals surface area contributed by atoms with Gasteiger partial charge in [-0.05, 0) is 38.1 Å². The minimum absolute atomic E-state index is 0.768. The monoisotopic (exact) mass is 213 g/mol. The van der Waals surface area contributed by atoms with Crippen LogP contribution in [0.1, 0.15) is 52.4 Å². The first-order chi connectivity index (χ1) is 7.38. The van der Waals surface area contributed by atoms with Gasteiger partial charge in [0, 0.05) is 19.3 Å². The average Bonchev–Trinajstić information content (AvgIpc) is 2.66. The molecule has 0 heterocycles. The molecule has 2 unspecified atom stereocenters. The van der Waals surface area contributed by atoms with E-state index in [0.717, 1.165) is 31.7 Å². The summed E-state index contributed by atoms with van der Waals surface area (Å²) in [6, 6.07) is 0.768. The van der Waals surface area contributed by atoms with Crippen LogP contribution < -0.4 is 5.32 Å². The molecular weight excluding hydrogens is 186 g/mol. The van der Waals surface area contributed by atoms with Crippen molar-refractivity contribution in [1.82, 2.24) is 5.32 Å². The highest BCUT2D eigenvalue weighted by molar-refractivity contribution is 4.82. The van der Waals surface area contributed by atoms with Crippen molar-refractivity contribution in [2.75, 3.05) is 19.8 Å². The number of ether oxygens (including phenoxy) is 1. The SMILES string of the molecule is CCCCOCCC1CCCC1NCC. The van der Waals surface area contributed by atoms with Crippen LogP contribution in [-0.2, 0) is 4.74 Å². The maximum atomic E-state index is 5.63. The molecule has 0 aromatic carbocycles. The standard InChI is InChI=1S/C13H27NO/c1-3-5-10-15-11-9-12-7-6-8-13(12)14-4-2/h12-14H,3-11H2,1-2H3. The van der Waals surface area contributed by atoms with Crippen LogP contribution in [0.25, 0.3) is 0 Å². The van der Waals surface area contributed by atoms with E-state index in [1.165, 1.54) is 38.5 Å². The summed E-state index contributed by atoms with van der Waals surface area (Å²) in [5.74, 6) is 0.867. The lowest BCUT2D eigenvalue weighted by molar-refractivity contribution is 0.114. The molecule has 0 aliphatic heterocycles. The third-order valence-electron chi connectivity index (χ3n) is 3.40. The fourth-order valence-electron chi connectivity index (χ4n) is 2.50. The Kier molecular flexibility index (Phi) is 7.03. The van der Waals surface area contributed by atoms with Gasteiger partial charge in [-0.3, -0.25) is 0 Å². The van der Waals surface area contributed by atoms with Crippen molar-refractivity contribution in [1.29, 1.82) is 0 Å². The van der Waals surface area contributed by atoms with Gasteiger partial charge in [-0.15, -0.1) is 0 Å². The molecule has 0 amide bonds. The van der Waals surface area contributed by atoms with Crippen LogP contribution in [0.5, 0.6) is 0 Å². The van der Waals surface area contributed by atoms with Gasteiger partial charge in [0.15, 0.2) is 0 Å². The first-order valence-corrected chi connectivity index (χ1v) is 6.69. The molecule has 1 fully saturated rings. The zero-order valence-corrected chi connectivity index (χ0v) is 10.4. The predicted molar refractivity (Wildman–Crippen MR) is 65.1 cm³/mol. The topological polar surface area (TPSA) is 21.3 Å². The molecule has 1 N–H and O–H groups in total. The van der Waals surface area contributed by atoms with Gasteiger partial charge < -0.3 is 10.1 Å². The van der Waals surface area contributed by atoms with E-state index >= 15 is 0 Å². The van der Waals surface area contributed by atoms with E-state index in [1.54, 1.807) is 0 Å². The second kappa shape index (κ2) is 8.12. The number of rotatable bonds is 8. The molecule has 0 saturated heterocycles. The summed E-state index contributed by atoms with van der Waals surface area (Å²) in [4.78, 5) is 0. The van der Waals surface area contributed by atoms with E-state index in [2.05, 4.69) is 19.2 Å². The van der Waals surface area contributed by atoms with Crippen LogP contribution in [0.15, 0.2) is 0 Å². The van der Waals surface area contributed by atoms with Crippen LogP contribution in [0.2, 0.25) is 0 Å². The number of nitrogens with one attached hydrogen (secondary N) is 1. The zero-order valence-electron chi connectivity index (χ0n) is 10.4. The fraction of sp³-hybridized carbons (Fsp3) is 1.00. The third-order valence-corrected chi connectivity index (χ3v) is 3.40. The van der Waals surface area contributed by atoms with Gasteiger partial charge in [0.25, 0.3) is 0 Å². The molecule has 2 nitrogen and oxygen atoms in total. The smallest absolute Gasteiger partial charge is 0.0469 e. The van der Waals surface area contributed by atoms with E-state index in [9.17, 15) is 0 Å². The van der Waals surface area contributed by atoms with E-state index in [-0.39, 0.29) is 0 Å². The van der Waals surface area contributed by atoms with Crippen molar-refractivity contribution in [2.45, 2.75) is 58.4 Å². The summed E-state index contributed by atoms with van der Waals surface area (Å²) < 4.78 is 5.63. The predicted octanol–water partition coefficient (Wildman–Crippen LogP) is 2.97. The molecule has 1 saturated carbocycles. The van der Waals surface area contributed by atoms with Gasteiger partial charge in [-0.2, -0.15) is 0 Å². The Labute approximate surface area is 94.8 Å². The van der Waals surface area contributed by atoms with Gasteiger partial charge in [-0.25, -0.2) is 0 Å². The number of hydrogen-bond acceptors (Lipinski definition) is 2. The molecule has 90 valence electrons. The Bertz CT molecular complexity index is 149. The Morgan fingerprint density at radius 1 is 1.20 bits per heavy atom. The van der Waals surface area contributed by atoms with Crippen molar-refractivity contribution < 1.29 is 4.74 Å². The lowest BCUT2D eigenvalue weighted by atomic mass is 10.00. The lowest BCUT2D eigenvalue weighted by Gasteiger charge is -2.20. The van der Waals surface area contributed by atoms with Gasteiger partial charge in [0.05, 0.1) is 0 Å². The maximum absolute atomic E-state index is 5.63. The number of hydrogen-bond donors (Lipinski definition) is 1. The molecule has 15 heavy (non-hydrogen) atoms. The first kappa shape index (κ1) is 13.0. The Hall–Kier alpha value is -0.0800.